The van der Waals surface area contributed by atoms with Crippen molar-refractivity contribution in [3.63, 3.8) is 0 Å². The molecule has 1 saturated heterocycles. The Hall–Kier alpha value is -3.09. The van der Waals surface area contributed by atoms with Gasteiger partial charge in [0.05, 0.1) is 0 Å². The highest BCUT2D eigenvalue weighted by atomic mass is 19.2. The Kier molecular flexibility index (Phi) is 3.99. The Morgan fingerprint density at radius 2 is 2.04 bits per heavy atom. The van der Waals surface area contributed by atoms with Crippen LogP contribution in [0.1, 0.15) is 34.3 Å². The maximum atomic E-state index is 13.4. The van der Waals surface area contributed by atoms with Gasteiger partial charge in [-0.25, -0.2) is 8.78 Å². The molecule has 1 aromatic heterocycles. The van der Waals surface area contributed by atoms with Gasteiger partial charge in [-0.2, -0.15) is 4.98 Å². The fourth-order valence-corrected chi connectivity index (χ4v) is 2.95. The van der Waals surface area contributed by atoms with E-state index in [0.29, 0.717) is 24.7 Å². The average Bonchev–Trinajstić information content (AvgIpc) is 3.05. The van der Waals surface area contributed by atoms with Crippen molar-refractivity contribution in [2.45, 2.75) is 19.4 Å². The van der Waals surface area contributed by atoms with E-state index in [0.717, 1.165) is 23.3 Å². The van der Waals surface area contributed by atoms with Crippen LogP contribution in [0.25, 0.3) is 11.4 Å². The second kappa shape index (κ2) is 6.33. The largest absolute Gasteiger partial charge is 0.337 e. The molecule has 1 aliphatic heterocycles. The molecule has 2 aromatic carbocycles. The number of likely N-dealkylation sites (tertiary alicyclic amines) is 1. The maximum absolute atomic E-state index is 13.4. The lowest BCUT2D eigenvalue weighted by atomic mass is 10.0. The third-order valence-corrected chi connectivity index (χ3v) is 4.45. The number of aromatic nitrogens is 2. The predicted molar refractivity (Wildman–Crippen MR) is 89.2 cm³/mol. The highest BCUT2D eigenvalue weighted by Crippen LogP contribution is 2.34. The van der Waals surface area contributed by atoms with Crippen molar-refractivity contribution < 1.29 is 18.1 Å². The predicted octanol–water partition coefficient (Wildman–Crippen LogP) is 3.91. The van der Waals surface area contributed by atoms with Crippen LogP contribution in [0.2, 0.25) is 0 Å². The number of benzene rings is 2. The summed E-state index contributed by atoms with van der Waals surface area (Å²) in [6, 6.07) is 10.5. The molecule has 4 rings (SSSR count). The standard InChI is InChI=1S/C19H15F2N3O2/c1-11-3-2-4-12(9-11)17-22-18(26-23-17)16-7-8-24(16)19(25)13-5-6-14(20)15(21)10-13/h2-6,9-10,16H,7-8H2,1H3/t16-/m0/s1. The minimum atomic E-state index is -1.05. The summed E-state index contributed by atoms with van der Waals surface area (Å²) in [6.07, 6.45) is 0.671. The quantitative estimate of drug-likeness (QED) is 0.715. The molecule has 0 radical (unpaired) electrons. The molecule has 5 nitrogen and oxygen atoms in total. The molecule has 1 atom stereocenters. The summed E-state index contributed by atoms with van der Waals surface area (Å²) in [4.78, 5) is 18.5. The monoisotopic (exact) mass is 355 g/mol. The van der Waals surface area contributed by atoms with Gasteiger partial charge in [0, 0.05) is 17.7 Å². The van der Waals surface area contributed by atoms with Gasteiger partial charge in [-0.3, -0.25) is 4.79 Å². The summed E-state index contributed by atoms with van der Waals surface area (Å²) < 4.78 is 31.8. The van der Waals surface area contributed by atoms with E-state index in [-0.39, 0.29) is 11.6 Å². The fraction of sp³-hybridized carbons (Fsp3) is 0.211. The van der Waals surface area contributed by atoms with E-state index in [2.05, 4.69) is 10.1 Å². The van der Waals surface area contributed by atoms with Crippen molar-refractivity contribution in [2.75, 3.05) is 6.54 Å². The number of halogens is 2. The van der Waals surface area contributed by atoms with Gasteiger partial charge < -0.3 is 9.42 Å². The van der Waals surface area contributed by atoms with Gasteiger partial charge >= 0.3 is 0 Å². The minimum absolute atomic E-state index is 0.0898. The Labute approximate surface area is 148 Å². The van der Waals surface area contributed by atoms with Crippen LogP contribution >= 0.6 is 0 Å². The molecule has 0 aliphatic carbocycles. The van der Waals surface area contributed by atoms with Crippen LogP contribution in [-0.2, 0) is 0 Å². The number of hydrogen-bond donors (Lipinski definition) is 0. The highest BCUT2D eigenvalue weighted by molar-refractivity contribution is 5.95. The zero-order valence-electron chi connectivity index (χ0n) is 13.9. The molecule has 1 fully saturated rings. The molecule has 132 valence electrons. The molecule has 0 spiro atoms. The Morgan fingerprint density at radius 3 is 2.73 bits per heavy atom. The van der Waals surface area contributed by atoms with E-state index < -0.39 is 17.5 Å². The normalized spacial score (nSPS) is 16.4. The van der Waals surface area contributed by atoms with Gasteiger partial charge in [0.15, 0.2) is 11.6 Å². The number of aryl methyl sites for hydroxylation is 1. The van der Waals surface area contributed by atoms with Crippen LogP contribution in [0, 0.1) is 18.6 Å². The van der Waals surface area contributed by atoms with E-state index in [9.17, 15) is 13.6 Å². The molecule has 1 amide bonds. The number of rotatable bonds is 3. The summed E-state index contributed by atoms with van der Waals surface area (Å²) in [7, 11) is 0. The molecular formula is C19H15F2N3O2. The van der Waals surface area contributed by atoms with Gasteiger partial charge in [-0.1, -0.05) is 28.9 Å². The van der Waals surface area contributed by atoms with Gasteiger partial charge in [0.25, 0.3) is 5.91 Å². The number of nitrogens with zero attached hydrogens (tertiary/aromatic N) is 3. The van der Waals surface area contributed by atoms with E-state index >= 15 is 0 Å². The zero-order valence-corrected chi connectivity index (χ0v) is 13.9. The highest BCUT2D eigenvalue weighted by Gasteiger charge is 2.38. The second-order valence-corrected chi connectivity index (χ2v) is 6.26. The van der Waals surface area contributed by atoms with Crippen molar-refractivity contribution in [2.24, 2.45) is 0 Å². The van der Waals surface area contributed by atoms with Gasteiger partial charge in [-0.15, -0.1) is 0 Å². The van der Waals surface area contributed by atoms with Gasteiger partial charge in [-0.05, 0) is 37.6 Å². The van der Waals surface area contributed by atoms with Crippen LogP contribution in [0.4, 0.5) is 8.78 Å². The summed E-state index contributed by atoms with van der Waals surface area (Å²) in [5.74, 6) is -1.64. The SMILES string of the molecule is Cc1cccc(-c2noc([C@@H]3CCN3C(=O)c3ccc(F)c(F)c3)n2)c1. The van der Waals surface area contributed by atoms with Crippen molar-refractivity contribution in [1.29, 1.82) is 0 Å². The van der Waals surface area contributed by atoms with Crippen LogP contribution in [-0.4, -0.2) is 27.5 Å². The third-order valence-electron chi connectivity index (χ3n) is 4.45. The van der Waals surface area contributed by atoms with E-state index in [1.54, 1.807) is 0 Å². The third kappa shape index (κ3) is 2.85. The molecule has 0 unspecified atom stereocenters. The lowest BCUT2D eigenvalue weighted by Gasteiger charge is -2.38. The van der Waals surface area contributed by atoms with Crippen molar-refractivity contribution in [3.8, 4) is 11.4 Å². The van der Waals surface area contributed by atoms with Crippen LogP contribution in [0.5, 0.6) is 0 Å². The zero-order chi connectivity index (χ0) is 18.3. The van der Waals surface area contributed by atoms with Crippen LogP contribution < -0.4 is 0 Å². The first kappa shape index (κ1) is 16.4. The Balaban J connectivity index is 1.55. The molecular weight excluding hydrogens is 340 g/mol. The first-order chi connectivity index (χ1) is 12.5. The molecule has 7 heteroatoms. The van der Waals surface area contributed by atoms with Gasteiger partial charge in [0.1, 0.15) is 6.04 Å². The van der Waals surface area contributed by atoms with Crippen molar-refractivity contribution >= 4 is 5.91 Å². The van der Waals surface area contributed by atoms with E-state index in [1.807, 2.05) is 31.2 Å². The Bertz CT molecular complexity index is 986. The summed E-state index contributed by atoms with van der Waals surface area (Å²) >= 11 is 0. The number of carbonyl (C=O) groups is 1. The topological polar surface area (TPSA) is 59.2 Å². The average molecular weight is 355 g/mol. The molecule has 1 aliphatic rings. The lowest BCUT2D eigenvalue weighted by molar-refractivity contribution is 0.0378. The first-order valence-corrected chi connectivity index (χ1v) is 8.19. The van der Waals surface area contributed by atoms with E-state index in [1.165, 1.54) is 11.0 Å². The second-order valence-electron chi connectivity index (χ2n) is 6.26. The molecule has 0 bridgehead atoms. The number of carbonyl (C=O) groups excluding carboxylic acids is 1. The van der Waals surface area contributed by atoms with Crippen LogP contribution in [0.15, 0.2) is 47.0 Å². The summed E-state index contributed by atoms with van der Waals surface area (Å²) in [5.41, 5.74) is 2.00. The van der Waals surface area contributed by atoms with Crippen molar-refractivity contribution in [1.82, 2.24) is 15.0 Å². The number of hydrogen-bond acceptors (Lipinski definition) is 4. The van der Waals surface area contributed by atoms with Gasteiger partial charge in [0.2, 0.25) is 11.7 Å². The Morgan fingerprint density at radius 1 is 1.19 bits per heavy atom. The molecule has 0 saturated carbocycles. The summed E-state index contributed by atoms with van der Waals surface area (Å²) in [6.45, 7) is 2.46. The smallest absolute Gasteiger partial charge is 0.254 e. The fourth-order valence-electron chi connectivity index (χ4n) is 2.95. The molecule has 2 heterocycles. The lowest BCUT2D eigenvalue weighted by Crippen LogP contribution is -2.45. The van der Waals surface area contributed by atoms with Crippen LogP contribution in [0.3, 0.4) is 0 Å². The van der Waals surface area contributed by atoms with E-state index in [4.69, 9.17) is 4.52 Å². The summed E-state index contributed by atoms with van der Waals surface area (Å²) in [5, 5.41) is 3.99. The number of amides is 1. The minimum Gasteiger partial charge on any atom is -0.337 e. The molecule has 26 heavy (non-hydrogen) atoms. The van der Waals surface area contributed by atoms with Crippen molar-refractivity contribution in [3.05, 3.63) is 71.1 Å². The first-order valence-electron chi connectivity index (χ1n) is 8.19. The molecule has 0 N–H and O–H groups in total. The molecule has 3 aromatic rings. The maximum Gasteiger partial charge on any atom is 0.254 e.